The van der Waals surface area contributed by atoms with Gasteiger partial charge in [-0.15, -0.1) is 0 Å². The van der Waals surface area contributed by atoms with E-state index in [0.717, 1.165) is 18.1 Å². The fraction of sp³-hybridized carbons (Fsp3) is 0.267. The van der Waals surface area contributed by atoms with Crippen molar-refractivity contribution >= 4 is 0 Å². The molecule has 106 valence electrons. The van der Waals surface area contributed by atoms with Gasteiger partial charge in [-0.2, -0.15) is 4.39 Å². The van der Waals surface area contributed by atoms with Gasteiger partial charge in [0.05, 0.1) is 6.20 Å². The molecule has 0 saturated heterocycles. The van der Waals surface area contributed by atoms with E-state index in [-0.39, 0.29) is 11.8 Å². The molecule has 1 unspecified atom stereocenters. The highest BCUT2D eigenvalue weighted by atomic mass is 19.2. The molecule has 0 saturated carbocycles. The summed E-state index contributed by atoms with van der Waals surface area (Å²) in [4.78, 5) is 4.02. The number of hydrogen-bond donors (Lipinski definition) is 1. The lowest BCUT2D eigenvalue weighted by molar-refractivity contribution is 0.414. The van der Waals surface area contributed by atoms with E-state index >= 15 is 0 Å². The van der Waals surface area contributed by atoms with Crippen LogP contribution < -0.4 is 10.5 Å². The van der Waals surface area contributed by atoms with E-state index in [0.29, 0.717) is 12.2 Å². The van der Waals surface area contributed by atoms with Gasteiger partial charge in [0, 0.05) is 12.2 Å². The van der Waals surface area contributed by atoms with E-state index in [9.17, 15) is 8.78 Å². The molecule has 1 aromatic heterocycles. The Morgan fingerprint density at radius 3 is 2.85 bits per heavy atom. The molecular formula is C15H16F2N2O. The summed E-state index contributed by atoms with van der Waals surface area (Å²) in [5, 5.41) is 0. The van der Waals surface area contributed by atoms with Gasteiger partial charge in [-0.05, 0) is 36.6 Å². The van der Waals surface area contributed by atoms with Gasteiger partial charge in [0.25, 0.3) is 0 Å². The van der Waals surface area contributed by atoms with Crippen molar-refractivity contribution in [1.82, 2.24) is 4.98 Å². The van der Waals surface area contributed by atoms with Gasteiger partial charge < -0.3 is 10.5 Å². The molecule has 0 aliphatic carbocycles. The summed E-state index contributed by atoms with van der Waals surface area (Å²) in [7, 11) is 0. The minimum absolute atomic E-state index is 0.0398. The van der Waals surface area contributed by atoms with Crippen LogP contribution in [0.25, 0.3) is 0 Å². The molecule has 0 fully saturated rings. The fourth-order valence-corrected chi connectivity index (χ4v) is 1.77. The van der Waals surface area contributed by atoms with Crippen molar-refractivity contribution < 1.29 is 13.5 Å². The lowest BCUT2D eigenvalue weighted by atomic mass is 10.1. The number of benzene rings is 1. The van der Waals surface area contributed by atoms with Crippen molar-refractivity contribution in [2.75, 3.05) is 0 Å². The maximum atomic E-state index is 13.5. The molecule has 2 rings (SSSR count). The number of halogens is 2. The lowest BCUT2D eigenvalue weighted by Crippen LogP contribution is -2.21. The van der Waals surface area contributed by atoms with Crippen LogP contribution in [0.5, 0.6) is 11.5 Å². The molecule has 2 aromatic rings. The first kappa shape index (κ1) is 14.4. The predicted octanol–water partition coefficient (Wildman–Crippen LogP) is 3.43. The van der Waals surface area contributed by atoms with Gasteiger partial charge in [-0.25, -0.2) is 4.39 Å². The van der Waals surface area contributed by atoms with Crippen LogP contribution in [-0.4, -0.2) is 11.0 Å². The Kier molecular flexibility index (Phi) is 4.63. The molecule has 1 heterocycles. The molecule has 1 atom stereocenters. The molecule has 0 aliphatic rings. The van der Waals surface area contributed by atoms with Crippen LogP contribution in [0.1, 0.15) is 18.9 Å². The summed E-state index contributed by atoms with van der Waals surface area (Å²) < 4.78 is 31.9. The molecule has 2 N–H and O–H groups in total. The van der Waals surface area contributed by atoms with Crippen LogP contribution in [0.4, 0.5) is 8.78 Å². The van der Waals surface area contributed by atoms with E-state index in [4.69, 9.17) is 10.5 Å². The maximum Gasteiger partial charge on any atom is 0.201 e. The standard InChI is InChI=1S/C15H16F2N2O/c1-2-11(18)6-10-7-12(9-19-8-10)20-14-5-3-4-13(16)15(14)17/h3-5,7-9,11H,2,6,18H2,1H3. The highest BCUT2D eigenvalue weighted by Crippen LogP contribution is 2.26. The molecule has 5 heteroatoms. The molecule has 20 heavy (non-hydrogen) atoms. The number of nitrogens with two attached hydrogens (primary N) is 1. The van der Waals surface area contributed by atoms with Crippen molar-refractivity contribution in [1.29, 1.82) is 0 Å². The summed E-state index contributed by atoms with van der Waals surface area (Å²) in [6.45, 7) is 2.00. The second-order valence-electron chi connectivity index (χ2n) is 4.56. The monoisotopic (exact) mass is 278 g/mol. The normalized spacial score (nSPS) is 12.2. The number of ether oxygens (including phenoxy) is 1. The largest absolute Gasteiger partial charge is 0.453 e. The molecule has 3 nitrogen and oxygen atoms in total. The first-order chi connectivity index (χ1) is 9.60. The Labute approximate surface area is 116 Å². The first-order valence-corrected chi connectivity index (χ1v) is 6.41. The number of rotatable bonds is 5. The number of hydrogen-bond acceptors (Lipinski definition) is 3. The zero-order valence-corrected chi connectivity index (χ0v) is 11.1. The Balaban J connectivity index is 2.17. The Morgan fingerprint density at radius 1 is 1.30 bits per heavy atom. The summed E-state index contributed by atoms with van der Waals surface area (Å²) in [5.41, 5.74) is 6.77. The average molecular weight is 278 g/mol. The third-order valence-corrected chi connectivity index (χ3v) is 2.94. The van der Waals surface area contributed by atoms with Crippen molar-refractivity contribution in [3.8, 4) is 11.5 Å². The highest BCUT2D eigenvalue weighted by molar-refractivity contribution is 5.33. The van der Waals surface area contributed by atoms with Crippen LogP contribution in [-0.2, 0) is 6.42 Å². The van der Waals surface area contributed by atoms with Crippen LogP contribution in [0.15, 0.2) is 36.7 Å². The Morgan fingerprint density at radius 2 is 2.10 bits per heavy atom. The minimum atomic E-state index is -1.01. The average Bonchev–Trinajstić information content (AvgIpc) is 2.44. The summed E-state index contributed by atoms with van der Waals surface area (Å²) in [6.07, 6.45) is 4.64. The Hall–Kier alpha value is -2.01. The summed E-state index contributed by atoms with van der Waals surface area (Å²) in [5.74, 6) is -1.76. The lowest BCUT2D eigenvalue weighted by Gasteiger charge is -2.10. The second kappa shape index (κ2) is 6.43. The molecular weight excluding hydrogens is 262 g/mol. The summed E-state index contributed by atoms with van der Waals surface area (Å²) in [6, 6.07) is 5.56. The third-order valence-electron chi connectivity index (χ3n) is 2.94. The highest BCUT2D eigenvalue weighted by Gasteiger charge is 2.10. The zero-order valence-electron chi connectivity index (χ0n) is 11.1. The van der Waals surface area contributed by atoms with Gasteiger partial charge in [-0.1, -0.05) is 13.0 Å². The van der Waals surface area contributed by atoms with E-state index in [1.54, 1.807) is 12.3 Å². The molecule has 0 bridgehead atoms. The van der Waals surface area contributed by atoms with Gasteiger partial charge in [-0.3, -0.25) is 4.98 Å². The first-order valence-electron chi connectivity index (χ1n) is 6.41. The van der Waals surface area contributed by atoms with E-state index in [1.807, 2.05) is 6.92 Å². The number of nitrogens with zero attached hydrogens (tertiary/aromatic N) is 1. The van der Waals surface area contributed by atoms with Crippen molar-refractivity contribution in [2.24, 2.45) is 5.73 Å². The molecule has 1 aromatic carbocycles. The minimum Gasteiger partial charge on any atom is -0.453 e. The van der Waals surface area contributed by atoms with Crippen molar-refractivity contribution in [2.45, 2.75) is 25.8 Å². The van der Waals surface area contributed by atoms with Gasteiger partial charge in [0.1, 0.15) is 5.75 Å². The molecule has 0 radical (unpaired) electrons. The SMILES string of the molecule is CCC(N)Cc1cncc(Oc2cccc(F)c2F)c1. The van der Waals surface area contributed by atoms with E-state index < -0.39 is 11.6 Å². The maximum absolute atomic E-state index is 13.5. The van der Waals surface area contributed by atoms with Crippen molar-refractivity contribution in [3.63, 3.8) is 0 Å². The fourth-order valence-electron chi connectivity index (χ4n) is 1.77. The topological polar surface area (TPSA) is 48.1 Å². The van der Waals surface area contributed by atoms with Gasteiger partial charge in [0.2, 0.25) is 5.82 Å². The number of pyridine rings is 1. The van der Waals surface area contributed by atoms with Crippen LogP contribution in [0, 0.1) is 11.6 Å². The molecule has 0 spiro atoms. The zero-order chi connectivity index (χ0) is 14.5. The summed E-state index contributed by atoms with van der Waals surface area (Å²) >= 11 is 0. The predicted molar refractivity (Wildman–Crippen MR) is 72.6 cm³/mol. The smallest absolute Gasteiger partial charge is 0.201 e. The van der Waals surface area contributed by atoms with Crippen LogP contribution >= 0.6 is 0 Å². The van der Waals surface area contributed by atoms with E-state index in [2.05, 4.69) is 4.98 Å². The van der Waals surface area contributed by atoms with Gasteiger partial charge in [0.15, 0.2) is 11.6 Å². The second-order valence-corrected chi connectivity index (χ2v) is 4.56. The van der Waals surface area contributed by atoms with Crippen molar-refractivity contribution in [3.05, 3.63) is 53.9 Å². The Bertz CT molecular complexity index is 590. The number of aromatic nitrogens is 1. The molecule has 0 amide bonds. The van der Waals surface area contributed by atoms with Gasteiger partial charge >= 0.3 is 0 Å². The quantitative estimate of drug-likeness (QED) is 0.911. The molecule has 0 aliphatic heterocycles. The third kappa shape index (κ3) is 3.51. The van der Waals surface area contributed by atoms with E-state index in [1.165, 1.54) is 18.3 Å². The van der Waals surface area contributed by atoms with Crippen LogP contribution in [0.2, 0.25) is 0 Å². The van der Waals surface area contributed by atoms with Crippen LogP contribution in [0.3, 0.4) is 0 Å².